The molecule has 0 bridgehead atoms. The van der Waals surface area contributed by atoms with Gasteiger partial charge in [-0.15, -0.1) is 0 Å². The average molecular weight is 312 g/mol. The number of nitrogens with zero attached hydrogens (tertiary/aromatic N) is 5. The van der Waals surface area contributed by atoms with Crippen LogP contribution in [0.25, 0.3) is 0 Å². The summed E-state index contributed by atoms with van der Waals surface area (Å²) in [4.78, 5) is 31.3. The normalized spacial score (nSPS) is 14.6. The van der Waals surface area contributed by atoms with Crippen molar-refractivity contribution in [3.8, 4) is 0 Å². The summed E-state index contributed by atoms with van der Waals surface area (Å²) >= 11 is 0. The number of nitrogens with one attached hydrogen (secondary N) is 1. The molecular weight excluding hydrogens is 292 g/mol. The van der Waals surface area contributed by atoms with E-state index < -0.39 is 0 Å². The lowest BCUT2D eigenvalue weighted by atomic mass is 10.1. The van der Waals surface area contributed by atoms with Crippen LogP contribution < -0.4 is 10.2 Å². The van der Waals surface area contributed by atoms with Gasteiger partial charge in [-0.1, -0.05) is 0 Å². The maximum atomic E-state index is 12.0. The summed E-state index contributed by atoms with van der Waals surface area (Å²) in [6, 6.07) is 1.81. The van der Waals surface area contributed by atoms with Crippen LogP contribution in [0.5, 0.6) is 0 Å². The molecule has 1 amide bonds. The molecule has 3 rings (SSSR count). The van der Waals surface area contributed by atoms with E-state index in [1.54, 1.807) is 12.4 Å². The van der Waals surface area contributed by atoms with Crippen LogP contribution in [0.3, 0.4) is 0 Å². The van der Waals surface area contributed by atoms with Crippen molar-refractivity contribution in [3.05, 3.63) is 41.7 Å². The molecule has 0 unspecified atom stereocenters. The lowest BCUT2D eigenvalue weighted by Gasteiger charge is -2.26. The van der Waals surface area contributed by atoms with Crippen LogP contribution in [0.15, 0.2) is 24.7 Å². The van der Waals surface area contributed by atoms with Crippen LogP contribution in [0.1, 0.15) is 41.1 Å². The molecule has 2 aromatic heterocycles. The number of amides is 1. The monoisotopic (exact) mass is 312 g/mol. The molecule has 1 fully saturated rings. The average Bonchev–Trinajstić information content (AvgIpc) is 2.61. The van der Waals surface area contributed by atoms with Gasteiger partial charge < -0.3 is 10.2 Å². The van der Waals surface area contributed by atoms with Crippen molar-refractivity contribution in [1.82, 2.24) is 25.3 Å². The highest BCUT2D eigenvalue weighted by Gasteiger charge is 2.14. The van der Waals surface area contributed by atoms with Crippen molar-refractivity contribution in [2.45, 2.75) is 32.7 Å². The molecule has 7 heteroatoms. The Morgan fingerprint density at radius 3 is 2.74 bits per heavy atom. The fourth-order valence-corrected chi connectivity index (χ4v) is 2.50. The highest BCUT2D eigenvalue weighted by atomic mass is 16.1. The van der Waals surface area contributed by atoms with Gasteiger partial charge in [-0.25, -0.2) is 15.0 Å². The van der Waals surface area contributed by atoms with E-state index in [0.717, 1.165) is 30.4 Å². The van der Waals surface area contributed by atoms with Crippen LogP contribution in [0.4, 0.5) is 5.95 Å². The lowest BCUT2D eigenvalue weighted by Crippen LogP contribution is -2.31. The van der Waals surface area contributed by atoms with Gasteiger partial charge in [-0.2, -0.15) is 0 Å². The maximum Gasteiger partial charge on any atom is 0.271 e. The molecule has 3 heterocycles. The van der Waals surface area contributed by atoms with E-state index in [1.165, 1.54) is 25.5 Å². The van der Waals surface area contributed by atoms with E-state index in [0.29, 0.717) is 12.2 Å². The van der Waals surface area contributed by atoms with Gasteiger partial charge >= 0.3 is 0 Å². The van der Waals surface area contributed by atoms with Crippen LogP contribution >= 0.6 is 0 Å². The fourth-order valence-electron chi connectivity index (χ4n) is 2.50. The Hall–Kier alpha value is -2.57. The van der Waals surface area contributed by atoms with Crippen molar-refractivity contribution >= 4 is 11.9 Å². The second-order valence-electron chi connectivity index (χ2n) is 5.62. The zero-order valence-electron chi connectivity index (χ0n) is 13.2. The molecule has 7 nitrogen and oxygen atoms in total. The van der Waals surface area contributed by atoms with Gasteiger partial charge in [0, 0.05) is 25.5 Å². The molecule has 0 atom stereocenters. The Bertz CT molecular complexity index is 667. The van der Waals surface area contributed by atoms with Gasteiger partial charge in [0.15, 0.2) is 0 Å². The Balaban J connectivity index is 1.61. The summed E-state index contributed by atoms with van der Waals surface area (Å²) in [6.07, 6.45) is 8.42. The number of hydrogen-bond donors (Lipinski definition) is 1. The summed E-state index contributed by atoms with van der Waals surface area (Å²) in [5.74, 6) is 0.488. The van der Waals surface area contributed by atoms with E-state index in [1.807, 2.05) is 13.0 Å². The van der Waals surface area contributed by atoms with Gasteiger partial charge in [0.1, 0.15) is 5.69 Å². The number of rotatable bonds is 4. The van der Waals surface area contributed by atoms with Crippen molar-refractivity contribution in [2.75, 3.05) is 18.0 Å². The first-order valence-electron chi connectivity index (χ1n) is 7.86. The van der Waals surface area contributed by atoms with Crippen LogP contribution in [-0.4, -0.2) is 38.9 Å². The first kappa shape index (κ1) is 15.3. The van der Waals surface area contributed by atoms with Crippen LogP contribution in [-0.2, 0) is 6.54 Å². The molecule has 1 aliphatic heterocycles. The summed E-state index contributed by atoms with van der Waals surface area (Å²) in [5.41, 5.74) is 1.87. The minimum atomic E-state index is -0.254. The number of hydrogen-bond acceptors (Lipinski definition) is 6. The minimum absolute atomic E-state index is 0.254. The van der Waals surface area contributed by atoms with Gasteiger partial charge in [-0.3, -0.25) is 9.78 Å². The second-order valence-corrected chi connectivity index (χ2v) is 5.62. The Morgan fingerprint density at radius 1 is 1.17 bits per heavy atom. The number of anilines is 1. The smallest absolute Gasteiger partial charge is 0.271 e. The molecule has 120 valence electrons. The highest BCUT2D eigenvalue weighted by Crippen LogP contribution is 2.15. The Labute approximate surface area is 135 Å². The third-order valence-corrected chi connectivity index (χ3v) is 3.78. The fraction of sp³-hybridized carbons (Fsp3) is 0.438. The van der Waals surface area contributed by atoms with Gasteiger partial charge in [0.25, 0.3) is 5.91 Å². The van der Waals surface area contributed by atoms with E-state index >= 15 is 0 Å². The minimum Gasteiger partial charge on any atom is -0.345 e. The molecule has 0 radical (unpaired) electrons. The molecular formula is C16H20N6O. The molecule has 1 saturated heterocycles. The molecule has 0 aliphatic carbocycles. The van der Waals surface area contributed by atoms with E-state index in [4.69, 9.17) is 0 Å². The molecule has 1 N–H and O–H groups in total. The van der Waals surface area contributed by atoms with E-state index in [-0.39, 0.29) is 5.91 Å². The molecule has 23 heavy (non-hydrogen) atoms. The molecule has 0 aromatic carbocycles. The molecule has 1 aliphatic rings. The largest absolute Gasteiger partial charge is 0.345 e. The lowest BCUT2D eigenvalue weighted by molar-refractivity contribution is 0.0945. The molecule has 0 spiro atoms. The summed E-state index contributed by atoms with van der Waals surface area (Å²) in [5, 5.41) is 2.81. The number of piperidine rings is 1. The first-order valence-corrected chi connectivity index (χ1v) is 7.86. The first-order chi connectivity index (χ1) is 11.2. The second kappa shape index (κ2) is 7.13. The zero-order chi connectivity index (χ0) is 16.1. The topological polar surface area (TPSA) is 83.9 Å². The number of carbonyl (C=O) groups is 1. The quantitative estimate of drug-likeness (QED) is 0.921. The SMILES string of the molecule is Cc1cnc(C(=O)NCc2ccnc(N3CCCCC3)n2)cn1. The van der Waals surface area contributed by atoms with Crippen molar-refractivity contribution in [3.63, 3.8) is 0 Å². The Kier molecular flexibility index (Phi) is 4.75. The van der Waals surface area contributed by atoms with E-state index in [2.05, 4.69) is 30.2 Å². The van der Waals surface area contributed by atoms with Gasteiger partial charge in [0.05, 0.1) is 24.1 Å². The molecule has 2 aromatic rings. The standard InChI is InChI=1S/C16H20N6O/c1-12-9-19-14(11-18-12)15(23)20-10-13-5-6-17-16(21-13)22-7-3-2-4-8-22/h5-6,9,11H,2-4,7-8,10H2,1H3,(H,20,23). The highest BCUT2D eigenvalue weighted by molar-refractivity contribution is 5.91. The van der Waals surface area contributed by atoms with Gasteiger partial charge in [-0.05, 0) is 32.3 Å². The third-order valence-electron chi connectivity index (χ3n) is 3.78. The molecule has 0 saturated carbocycles. The maximum absolute atomic E-state index is 12.0. The van der Waals surface area contributed by atoms with Gasteiger partial charge in [0.2, 0.25) is 5.95 Å². The van der Waals surface area contributed by atoms with Crippen molar-refractivity contribution in [2.24, 2.45) is 0 Å². The number of aromatic nitrogens is 4. The van der Waals surface area contributed by atoms with Crippen molar-refractivity contribution < 1.29 is 4.79 Å². The predicted octanol–water partition coefficient (Wildman–Crippen LogP) is 1.50. The summed E-state index contributed by atoms with van der Waals surface area (Å²) < 4.78 is 0. The predicted molar refractivity (Wildman–Crippen MR) is 86.0 cm³/mol. The zero-order valence-corrected chi connectivity index (χ0v) is 13.2. The van der Waals surface area contributed by atoms with Crippen LogP contribution in [0.2, 0.25) is 0 Å². The summed E-state index contributed by atoms with van der Waals surface area (Å²) in [6.45, 7) is 4.17. The number of aryl methyl sites for hydroxylation is 1. The van der Waals surface area contributed by atoms with E-state index in [9.17, 15) is 4.79 Å². The third kappa shape index (κ3) is 4.00. The van der Waals surface area contributed by atoms with Crippen molar-refractivity contribution in [1.29, 1.82) is 0 Å². The number of carbonyl (C=O) groups excluding carboxylic acids is 1. The Morgan fingerprint density at radius 2 is 2.00 bits per heavy atom. The van der Waals surface area contributed by atoms with Crippen LogP contribution in [0, 0.1) is 6.92 Å². The summed E-state index contributed by atoms with van der Waals surface area (Å²) in [7, 11) is 0.